The average Bonchev–Trinajstić information content (AvgIpc) is 3.09. The van der Waals surface area contributed by atoms with Gasteiger partial charge in [-0.2, -0.15) is 0 Å². The quantitative estimate of drug-likeness (QED) is 0.0640. The number of carbonyl (C=O) groups excluding carboxylic acids is 2. The van der Waals surface area contributed by atoms with Gasteiger partial charge in [-0.25, -0.2) is 0 Å². The van der Waals surface area contributed by atoms with Gasteiger partial charge in [-0.15, -0.1) is 0 Å². The Hall–Kier alpha value is -3.84. The van der Waals surface area contributed by atoms with Crippen LogP contribution in [-0.4, -0.2) is 128 Å². The van der Waals surface area contributed by atoms with Gasteiger partial charge in [0.15, 0.2) is 5.88 Å². The summed E-state index contributed by atoms with van der Waals surface area (Å²) < 4.78 is 3.28. The Morgan fingerprint density at radius 2 is 1.38 bits per heavy atom. The van der Waals surface area contributed by atoms with Crippen molar-refractivity contribution in [1.82, 2.24) is 9.47 Å². The van der Waals surface area contributed by atoms with E-state index in [0.717, 1.165) is 93.1 Å². The number of nitrogens with zero attached hydrogens (tertiary/aromatic N) is 5. The molecule has 276 valence electrons. The van der Waals surface area contributed by atoms with E-state index in [4.69, 9.17) is 4.99 Å². The number of imide groups is 1. The lowest BCUT2D eigenvalue weighted by Crippen LogP contribution is -2.41. The fraction of sp³-hybridized carbons (Fsp3) is 0.450. The van der Waals surface area contributed by atoms with E-state index in [2.05, 4.69) is 47.6 Å². The minimum absolute atomic E-state index is 0.0412. The molecule has 0 radical (unpaired) electrons. The van der Waals surface area contributed by atoms with Crippen LogP contribution in [0.5, 0.6) is 5.88 Å². The maximum absolute atomic E-state index is 13.6. The highest BCUT2D eigenvalue weighted by Crippen LogP contribution is 2.36. The Morgan fingerprint density at radius 1 is 0.750 bits per heavy atom. The fourth-order valence-corrected chi connectivity index (χ4v) is 9.12. The van der Waals surface area contributed by atoms with E-state index >= 15 is 0 Å². The molecule has 12 heteroatoms. The first kappa shape index (κ1) is 37.9. The molecule has 1 aliphatic heterocycles. The lowest BCUT2D eigenvalue weighted by atomic mass is 9.88. The summed E-state index contributed by atoms with van der Waals surface area (Å²) in [5.41, 5.74) is 4.62. The summed E-state index contributed by atoms with van der Waals surface area (Å²) in [6.07, 6.45) is 3.36. The van der Waals surface area contributed by atoms with Gasteiger partial charge < -0.3 is 19.4 Å². The third-order valence-corrected chi connectivity index (χ3v) is 12.1. The number of quaternary nitrogens is 2. The van der Waals surface area contributed by atoms with Crippen LogP contribution >= 0.6 is 21.6 Å². The summed E-state index contributed by atoms with van der Waals surface area (Å²) in [6, 6.07) is 15.2. The third kappa shape index (κ3) is 8.20. The van der Waals surface area contributed by atoms with E-state index in [1.807, 2.05) is 48.5 Å². The number of amides is 2. The molecule has 3 aromatic carbocycles. The molecule has 6 rings (SSSR count). The molecule has 2 N–H and O–H groups in total. The molecule has 10 nitrogen and oxygen atoms in total. The van der Waals surface area contributed by atoms with Gasteiger partial charge in [0.1, 0.15) is 0 Å². The van der Waals surface area contributed by atoms with Gasteiger partial charge in [0.2, 0.25) is 0 Å². The van der Waals surface area contributed by atoms with Crippen LogP contribution in [0.25, 0.3) is 21.5 Å². The highest BCUT2D eigenvalue weighted by molar-refractivity contribution is 8.76. The number of hydrogen-bond donors (Lipinski definition) is 2. The van der Waals surface area contributed by atoms with Gasteiger partial charge in [-0.1, -0.05) is 45.9 Å². The van der Waals surface area contributed by atoms with Crippen molar-refractivity contribution >= 4 is 66.3 Å². The highest BCUT2D eigenvalue weighted by atomic mass is 33.1. The Labute approximate surface area is 314 Å². The Balaban J connectivity index is 1.06. The number of aromatic nitrogens is 1. The number of hydrogen-bond acceptors (Lipinski definition) is 8. The SMILES string of the molecule is C[N+](C)(C)CCCN=C1CCc2c(O)n(CCSSCCN3C(=O)c4cccc5c(NCCC[N+](C)(C)C)ccc(c45)C3=O)c(=O)c3cccc1c23. The van der Waals surface area contributed by atoms with Crippen molar-refractivity contribution in [2.24, 2.45) is 4.99 Å². The van der Waals surface area contributed by atoms with Crippen molar-refractivity contribution in [1.29, 1.82) is 0 Å². The van der Waals surface area contributed by atoms with E-state index in [0.29, 0.717) is 41.0 Å². The normalized spacial score (nSPS) is 15.3. The molecular weight excluding hydrogens is 693 g/mol. The lowest BCUT2D eigenvalue weighted by Gasteiger charge is -2.28. The molecule has 2 heterocycles. The molecule has 0 saturated heterocycles. The first-order chi connectivity index (χ1) is 24.7. The molecule has 1 aliphatic carbocycles. The maximum Gasteiger partial charge on any atom is 0.261 e. The van der Waals surface area contributed by atoms with E-state index in [1.165, 1.54) is 9.47 Å². The average molecular weight is 745 g/mol. The zero-order chi connectivity index (χ0) is 37.2. The molecule has 52 heavy (non-hydrogen) atoms. The van der Waals surface area contributed by atoms with Crippen LogP contribution in [0.3, 0.4) is 0 Å². The summed E-state index contributed by atoms with van der Waals surface area (Å²) in [5.74, 6) is 0.628. The largest absolute Gasteiger partial charge is 0.494 e. The predicted molar refractivity (Wildman–Crippen MR) is 217 cm³/mol. The second-order valence-electron chi connectivity index (χ2n) is 15.8. The number of benzene rings is 3. The van der Waals surface area contributed by atoms with Crippen molar-refractivity contribution in [3.05, 3.63) is 81.1 Å². The fourth-order valence-electron chi connectivity index (χ4n) is 7.21. The first-order valence-corrected chi connectivity index (χ1v) is 20.7. The molecule has 2 amide bonds. The topological polar surface area (TPSA) is 104 Å². The van der Waals surface area contributed by atoms with Crippen LogP contribution in [-0.2, 0) is 13.0 Å². The number of pyridine rings is 1. The molecule has 4 aromatic rings. The van der Waals surface area contributed by atoms with E-state index in [1.54, 1.807) is 21.6 Å². The van der Waals surface area contributed by atoms with Crippen molar-refractivity contribution in [2.75, 3.05) is 91.8 Å². The standard InChI is InChI=1S/C40H50N6O4S2/c1-45(2,3)23-9-19-41-33-17-15-31-35-27(33)11-7-13-29(35)37(47)43(39(31)49)21-25-51-52-26-22-44-38(48)30-14-8-12-28-34(42-20-10-24-46(4,5)6)18-16-32(36(28)30)40(44)50/h7-8,11-15,17H,9-10,16,18-26H2,1-6H3/p+2. The molecular formula is C40H52N6O4S2+2. The predicted octanol–water partition coefficient (Wildman–Crippen LogP) is 5.88. The number of rotatable bonds is 16. The summed E-state index contributed by atoms with van der Waals surface area (Å²) in [5, 5.41) is 17.9. The Morgan fingerprint density at radius 3 is 2.10 bits per heavy atom. The molecule has 1 aromatic heterocycles. The third-order valence-electron chi connectivity index (χ3n) is 9.77. The van der Waals surface area contributed by atoms with Gasteiger partial charge in [-0.3, -0.25) is 28.8 Å². The van der Waals surface area contributed by atoms with Crippen LogP contribution in [0.2, 0.25) is 0 Å². The van der Waals surface area contributed by atoms with Crippen molar-refractivity contribution in [2.45, 2.75) is 32.2 Å². The summed E-state index contributed by atoms with van der Waals surface area (Å²) >= 11 is 0. The van der Waals surface area contributed by atoms with Crippen molar-refractivity contribution < 1.29 is 23.7 Å². The Kier molecular flexibility index (Phi) is 11.4. The summed E-state index contributed by atoms with van der Waals surface area (Å²) in [4.78, 5) is 47.1. The van der Waals surface area contributed by atoms with Crippen LogP contribution in [0, 0.1) is 0 Å². The molecule has 0 saturated carbocycles. The number of aryl methyl sites for hydroxylation is 1. The highest BCUT2D eigenvalue weighted by Gasteiger charge is 2.33. The molecule has 0 unspecified atom stereocenters. The summed E-state index contributed by atoms with van der Waals surface area (Å²) in [6.45, 7) is 4.26. The van der Waals surface area contributed by atoms with Gasteiger partial charge in [0.05, 0.1) is 55.4 Å². The molecule has 0 spiro atoms. The van der Waals surface area contributed by atoms with Gasteiger partial charge in [-0.05, 0) is 37.1 Å². The second-order valence-corrected chi connectivity index (χ2v) is 18.5. The number of nitrogens with one attached hydrogen (secondary N) is 1. The first-order valence-electron chi connectivity index (χ1n) is 18.2. The Bertz CT molecular complexity index is 2070. The number of aromatic hydroxyl groups is 1. The van der Waals surface area contributed by atoms with E-state index in [-0.39, 0.29) is 29.8 Å². The van der Waals surface area contributed by atoms with Gasteiger partial charge in [0, 0.05) is 106 Å². The molecule has 0 atom stereocenters. The zero-order valence-corrected chi connectivity index (χ0v) is 33.0. The minimum atomic E-state index is -0.269. The lowest BCUT2D eigenvalue weighted by molar-refractivity contribution is -0.870. The van der Waals surface area contributed by atoms with E-state index < -0.39 is 0 Å². The second kappa shape index (κ2) is 15.6. The van der Waals surface area contributed by atoms with Gasteiger partial charge >= 0.3 is 0 Å². The van der Waals surface area contributed by atoms with Gasteiger partial charge in [0.25, 0.3) is 17.4 Å². The molecule has 2 aliphatic rings. The van der Waals surface area contributed by atoms with Crippen LogP contribution < -0.4 is 10.9 Å². The maximum atomic E-state index is 13.6. The zero-order valence-electron chi connectivity index (χ0n) is 31.3. The van der Waals surface area contributed by atoms with Crippen LogP contribution in [0.1, 0.15) is 51.1 Å². The minimum Gasteiger partial charge on any atom is -0.494 e. The molecule has 0 bridgehead atoms. The molecule has 0 fully saturated rings. The van der Waals surface area contributed by atoms with E-state index in [9.17, 15) is 19.5 Å². The van der Waals surface area contributed by atoms with Crippen molar-refractivity contribution in [3.8, 4) is 5.88 Å². The number of aliphatic imine (C=N–C) groups is 1. The van der Waals surface area contributed by atoms with Crippen molar-refractivity contribution in [3.63, 3.8) is 0 Å². The number of carbonyl (C=O) groups is 2. The van der Waals surface area contributed by atoms with Crippen LogP contribution in [0.15, 0.2) is 58.3 Å². The smallest absolute Gasteiger partial charge is 0.261 e. The summed E-state index contributed by atoms with van der Waals surface area (Å²) in [7, 11) is 16.2. The monoisotopic (exact) mass is 744 g/mol. The van der Waals surface area contributed by atoms with Crippen LogP contribution in [0.4, 0.5) is 5.69 Å². The number of anilines is 1.